The highest BCUT2D eigenvalue weighted by Crippen LogP contribution is 2.31. The number of H-pyrrole nitrogens is 1. The van der Waals surface area contributed by atoms with Gasteiger partial charge in [0.2, 0.25) is 0 Å². The first-order chi connectivity index (χ1) is 15.5. The van der Waals surface area contributed by atoms with Gasteiger partial charge in [0.25, 0.3) is 5.56 Å². The monoisotopic (exact) mass is 431 g/mol. The minimum absolute atomic E-state index is 0.240. The number of hydrogen-bond acceptors (Lipinski definition) is 5. The van der Waals surface area contributed by atoms with Gasteiger partial charge in [-0.05, 0) is 43.7 Å². The molecule has 4 rings (SSSR count). The van der Waals surface area contributed by atoms with E-state index >= 15 is 0 Å². The SMILES string of the molecule is CCCOc1ccc(NC(N)=Nc2ccccc2)cc1-c1nc2c(C)nn(C)c2c(=O)[nH]1. The van der Waals surface area contributed by atoms with Crippen LogP contribution in [-0.2, 0) is 7.05 Å². The minimum atomic E-state index is -0.266. The lowest BCUT2D eigenvalue weighted by molar-refractivity contribution is 0.318. The van der Waals surface area contributed by atoms with Gasteiger partial charge >= 0.3 is 0 Å². The van der Waals surface area contributed by atoms with Crippen LogP contribution in [0.15, 0.2) is 58.3 Å². The predicted octanol–water partition coefficient (Wildman–Crippen LogP) is 3.48. The molecule has 4 aromatic rings. The molecule has 164 valence electrons. The number of anilines is 1. The van der Waals surface area contributed by atoms with Gasteiger partial charge in [0, 0.05) is 12.7 Å². The molecule has 0 spiro atoms. The summed E-state index contributed by atoms with van der Waals surface area (Å²) in [6.45, 7) is 4.39. The second-order valence-corrected chi connectivity index (χ2v) is 7.34. The number of benzene rings is 2. The van der Waals surface area contributed by atoms with Gasteiger partial charge in [-0.3, -0.25) is 9.48 Å². The number of rotatable bonds is 6. The molecule has 9 heteroatoms. The van der Waals surface area contributed by atoms with Gasteiger partial charge in [-0.2, -0.15) is 5.10 Å². The number of aryl methyl sites for hydroxylation is 2. The van der Waals surface area contributed by atoms with E-state index in [4.69, 9.17) is 10.5 Å². The van der Waals surface area contributed by atoms with Gasteiger partial charge in [-0.15, -0.1) is 0 Å². The highest BCUT2D eigenvalue weighted by Gasteiger charge is 2.16. The fourth-order valence-electron chi connectivity index (χ4n) is 3.42. The standard InChI is InChI=1S/C23H25N7O2/c1-4-12-32-18-11-10-16(26-23(24)25-15-8-6-5-7-9-15)13-17(18)21-27-19-14(2)29-30(3)20(19)22(31)28-21/h5-11,13H,4,12H2,1-3H3,(H3,24,25,26)(H,27,28,31). The molecular formula is C23H25N7O2. The molecule has 0 amide bonds. The molecule has 9 nitrogen and oxygen atoms in total. The molecule has 0 aliphatic carbocycles. The van der Waals surface area contributed by atoms with Gasteiger partial charge in [0.05, 0.1) is 23.6 Å². The Balaban J connectivity index is 1.76. The van der Waals surface area contributed by atoms with E-state index in [1.807, 2.05) is 62.4 Å². The maximum Gasteiger partial charge on any atom is 0.277 e. The first-order valence-corrected chi connectivity index (χ1v) is 10.3. The van der Waals surface area contributed by atoms with Crippen LogP contribution in [0.25, 0.3) is 22.4 Å². The molecule has 2 aromatic heterocycles. The molecule has 0 radical (unpaired) electrons. The lowest BCUT2D eigenvalue weighted by Gasteiger charge is -2.13. The lowest BCUT2D eigenvalue weighted by Crippen LogP contribution is -2.22. The molecule has 32 heavy (non-hydrogen) atoms. The van der Waals surface area contributed by atoms with Crippen molar-refractivity contribution in [3.8, 4) is 17.1 Å². The Bertz CT molecular complexity index is 1340. The Morgan fingerprint density at radius 3 is 2.78 bits per heavy atom. The molecule has 4 N–H and O–H groups in total. The summed E-state index contributed by atoms with van der Waals surface area (Å²) < 4.78 is 7.45. The third-order valence-corrected chi connectivity index (χ3v) is 4.84. The third-order valence-electron chi connectivity index (χ3n) is 4.84. The molecule has 0 saturated heterocycles. The Hall–Kier alpha value is -4.14. The molecule has 0 saturated carbocycles. The van der Waals surface area contributed by atoms with Gasteiger partial charge < -0.3 is 20.8 Å². The highest BCUT2D eigenvalue weighted by molar-refractivity contribution is 5.95. The summed E-state index contributed by atoms with van der Waals surface area (Å²) in [4.78, 5) is 24.6. The third kappa shape index (κ3) is 4.31. The van der Waals surface area contributed by atoms with E-state index in [9.17, 15) is 4.79 Å². The molecule has 0 atom stereocenters. The number of nitrogens with two attached hydrogens (primary N) is 1. The number of ether oxygens (including phenoxy) is 1. The van der Waals surface area contributed by atoms with Crippen LogP contribution >= 0.6 is 0 Å². The Kier molecular flexibility index (Phi) is 5.89. The highest BCUT2D eigenvalue weighted by atomic mass is 16.5. The normalized spacial score (nSPS) is 11.7. The van der Waals surface area contributed by atoms with Crippen LogP contribution < -0.4 is 21.3 Å². The van der Waals surface area contributed by atoms with Crippen molar-refractivity contribution < 1.29 is 4.74 Å². The number of guanidine groups is 1. The molecule has 0 aliphatic heterocycles. The molecule has 0 bridgehead atoms. The number of aliphatic imine (C=N–C) groups is 1. The summed E-state index contributed by atoms with van der Waals surface area (Å²) in [6.07, 6.45) is 0.848. The van der Waals surface area contributed by atoms with Gasteiger partial charge in [-0.25, -0.2) is 9.98 Å². The summed E-state index contributed by atoms with van der Waals surface area (Å²) >= 11 is 0. The van der Waals surface area contributed by atoms with Crippen LogP contribution in [0.4, 0.5) is 11.4 Å². The first-order valence-electron chi connectivity index (χ1n) is 10.3. The maximum absolute atomic E-state index is 12.7. The topological polar surface area (TPSA) is 123 Å². The van der Waals surface area contributed by atoms with Gasteiger partial charge in [0.15, 0.2) is 11.5 Å². The van der Waals surface area contributed by atoms with E-state index < -0.39 is 0 Å². The van der Waals surface area contributed by atoms with Crippen molar-refractivity contribution in [3.05, 3.63) is 64.6 Å². The van der Waals surface area contributed by atoms with Gasteiger partial charge in [-0.1, -0.05) is 25.1 Å². The van der Waals surface area contributed by atoms with E-state index in [0.717, 1.165) is 12.1 Å². The average molecular weight is 432 g/mol. The fourth-order valence-corrected chi connectivity index (χ4v) is 3.42. The lowest BCUT2D eigenvalue weighted by atomic mass is 10.1. The van der Waals surface area contributed by atoms with Crippen LogP contribution in [0.3, 0.4) is 0 Å². The summed E-state index contributed by atoms with van der Waals surface area (Å²) in [6, 6.07) is 14.9. The molecular weight excluding hydrogens is 406 g/mol. The quantitative estimate of drug-likeness (QED) is 0.317. The molecule has 2 aromatic carbocycles. The second kappa shape index (κ2) is 8.93. The first kappa shape index (κ1) is 21.1. The largest absolute Gasteiger partial charge is 0.493 e. The number of para-hydroxylation sites is 1. The van der Waals surface area contributed by atoms with Crippen LogP contribution in [0.1, 0.15) is 19.0 Å². The zero-order valence-corrected chi connectivity index (χ0v) is 18.2. The van der Waals surface area contributed by atoms with Crippen molar-refractivity contribution in [2.75, 3.05) is 11.9 Å². The van der Waals surface area contributed by atoms with Gasteiger partial charge in [0.1, 0.15) is 17.1 Å². The Morgan fingerprint density at radius 2 is 2.03 bits per heavy atom. The van der Waals surface area contributed by atoms with Crippen LogP contribution in [0.2, 0.25) is 0 Å². The Morgan fingerprint density at radius 1 is 1.25 bits per heavy atom. The number of fused-ring (bicyclic) bond motifs is 1. The average Bonchev–Trinajstić information content (AvgIpc) is 3.07. The molecule has 0 unspecified atom stereocenters. The molecule has 0 fully saturated rings. The zero-order valence-electron chi connectivity index (χ0n) is 18.2. The zero-order chi connectivity index (χ0) is 22.7. The number of aromatic nitrogens is 4. The predicted molar refractivity (Wildman–Crippen MR) is 126 cm³/mol. The van der Waals surface area contributed by atoms with Crippen LogP contribution in [0.5, 0.6) is 5.75 Å². The van der Waals surface area contributed by atoms with Crippen molar-refractivity contribution in [2.24, 2.45) is 17.8 Å². The summed E-state index contributed by atoms with van der Waals surface area (Å²) in [5.74, 6) is 1.25. The maximum atomic E-state index is 12.7. The smallest absolute Gasteiger partial charge is 0.277 e. The van der Waals surface area contributed by atoms with Crippen LogP contribution in [0, 0.1) is 6.92 Å². The fraction of sp³-hybridized carbons (Fsp3) is 0.217. The Labute approximate surface area is 185 Å². The number of nitrogens with one attached hydrogen (secondary N) is 2. The number of nitrogens with zero attached hydrogens (tertiary/aromatic N) is 4. The van der Waals surface area contributed by atoms with Crippen molar-refractivity contribution in [2.45, 2.75) is 20.3 Å². The summed E-state index contributed by atoms with van der Waals surface area (Å²) in [7, 11) is 1.72. The van der Waals surface area contributed by atoms with E-state index in [1.165, 1.54) is 4.68 Å². The minimum Gasteiger partial charge on any atom is -0.493 e. The summed E-state index contributed by atoms with van der Waals surface area (Å²) in [5.41, 5.74) is 9.55. The van der Waals surface area contributed by atoms with Crippen LogP contribution in [-0.4, -0.2) is 32.3 Å². The van der Waals surface area contributed by atoms with Crippen molar-refractivity contribution in [1.29, 1.82) is 0 Å². The van der Waals surface area contributed by atoms with E-state index in [0.29, 0.717) is 46.2 Å². The van der Waals surface area contributed by atoms with E-state index in [1.54, 1.807) is 7.05 Å². The number of hydrogen-bond donors (Lipinski definition) is 3. The number of aromatic amines is 1. The summed E-state index contributed by atoms with van der Waals surface area (Å²) in [5, 5.41) is 7.40. The van der Waals surface area contributed by atoms with E-state index in [2.05, 4.69) is 25.4 Å². The molecule has 2 heterocycles. The van der Waals surface area contributed by atoms with Crippen molar-refractivity contribution in [3.63, 3.8) is 0 Å². The van der Waals surface area contributed by atoms with E-state index in [-0.39, 0.29) is 11.5 Å². The second-order valence-electron chi connectivity index (χ2n) is 7.34. The van der Waals surface area contributed by atoms with Crippen molar-refractivity contribution in [1.82, 2.24) is 19.7 Å². The van der Waals surface area contributed by atoms with Crippen molar-refractivity contribution >= 4 is 28.4 Å². The molecule has 0 aliphatic rings.